The lowest BCUT2D eigenvalue weighted by Crippen LogP contribution is -2.50. The molecule has 0 saturated heterocycles. The number of hydrogen-bond donors (Lipinski definition) is 2. The molecule has 0 radical (unpaired) electrons. The van der Waals surface area contributed by atoms with Crippen LogP contribution in [0.25, 0.3) is 0 Å². The van der Waals surface area contributed by atoms with E-state index in [0.717, 1.165) is 12.1 Å². The predicted octanol–water partition coefficient (Wildman–Crippen LogP) is 5.02. The average molecular weight is 447 g/mol. The van der Waals surface area contributed by atoms with Gasteiger partial charge in [0.05, 0.1) is 5.56 Å². The Morgan fingerprint density at radius 3 is 2.28 bits per heavy atom. The monoisotopic (exact) mass is 446 g/mol. The largest absolute Gasteiger partial charge is 0.478 e. The smallest absolute Gasteiger partial charge is 0.441 e. The van der Waals surface area contributed by atoms with Crippen LogP contribution < -0.4 is 0 Å². The van der Waals surface area contributed by atoms with Crippen molar-refractivity contribution in [1.29, 1.82) is 0 Å². The lowest BCUT2D eigenvalue weighted by Gasteiger charge is -2.29. The molecule has 1 heterocycles. The van der Waals surface area contributed by atoms with Gasteiger partial charge in [-0.25, -0.2) is 4.79 Å². The molecule has 6 nitrogen and oxygen atoms in total. The number of carbonyl (C=O) groups is 1. The third kappa shape index (κ3) is 3.40. The number of aryl methyl sites for hydroxylation is 1. The van der Waals surface area contributed by atoms with Gasteiger partial charge in [0.2, 0.25) is 0 Å². The van der Waals surface area contributed by atoms with E-state index in [9.17, 15) is 23.2 Å². The van der Waals surface area contributed by atoms with Crippen molar-refractivity contribution in [2.24, 2.45) is 10.3 Å². The summed E-state index contributed by atoms with van der Waals surface area (Å²) in [5.41, 5.74) is -4.85. The molecule has 1 aliphatic rings. The molecule has 2 N–H and O–H groups in total. The summed E-state index contributed by atoms with van der Waals surface area (Å²) in [6.45, 7) is 1.47. The second-order valence-electron chi connectivity index (χ2n) is 6.15. The van der Waals surface area contributed by atoms with E-state index in [0.29, 0.717) is 0 Å². The van der Waals surface area contributed by atoms with Crippen molar-refractivity contribution in [2.75, 3.05) is 0 Å². The maximum atomic E-state index is 14.2. The number of halogens is 5. The first kappa shape index (κ1) is 20.9. The minimum absolute atomic E-state index is 0.0422. The SMILES string of the molecule is Cc1cc(C2=NOC(c3cc(Cl)cc(Cl)c3)(C(F)(F)F)/C2=N/O)ccc1C(=O)O. The topological polar surface area (TPSA) is 91.5 Å². The van der Waals surface area contributed by atoms with Crippen molar-refractivity contribution in [3.8, 4) is 0 Å². The highest BCUT2D eigenvalue weighted by Crippen LogP contribution is 2.48. The van der Waals surface area contributed by atoms with E-state index >= 15 is 0 Å². The fraction of sp³-hybridized carbons (Fsp3) is 0.167. The van der Waals surface area contributed by atoms with E-state index < -0.39 is 34.7 Å². The Hall–Kier alpha value is -2.78. The third-order valence-corrected chi connectivity index (χ3v) is 4.77. The van der Waals surface area contributed by atoms with E-state index in [2.05, 4.69) is 10.3 Å². The van der Waals surface area contributed by atoms with Crippen LogP contribution >= 0.6 is 23.2 Å². The van der Waals surface area contributed by atoms with Crippen LogP contribution in [0.3, 0.4) is 0 Å². The third-order valence-electron chi connectivity index (χ3n) is 4.33. The van der Waals surface area contributed by atoms with Gasteiger partial charge in [-0.2, -0.15) is 13.2 Å². The van der Waals surface area contributed by atoms with Crippen LogP contribution in [-0.4, -0.2) is 33.9 Å². The van der Waals surface area contributed by atoms with Crippen LogP contribution in [0.2, 0.25) is 10.0 Å². The number of alkyl halides is 3. The number of nitrogens with zero attached hydrogens (tertiary/aromatic N) is 2. The molecule has 1 atom stereocenters. The van der Waals surface area contributed by atoms with Crippen LogP contribution in [0.15, 0.2) is 46.7 Å². The zero-order valence-corrected chi connectivity index (χ0v) is 16.0. The molecule has 1 unspecified atom stereocenters. The van der Waals surface area contributed by atoms with Crippen LogP contribution in [-0.2, 0) is 10.4 Å². The first-order valence-corrected chi connectivity index (χ1v) is 8.63. The standard InChI is InChI=1S/C18H11Cl2F3N2O4/c1-8-4-9(2-3-13(8)16(26)27)14-15(24-28)17(29-25-14,18(21,22)23)10-5-11(19)7-12(20)6-10/h2-7,28H,1H3,(H,26,27)/b24-15+. The molecule has 0 spiro atoms. The molecule has 2 aromatic carbocycles. The summed E-state index contributed by atoms with van der Waals surface area (Å²) in [6.07, 6.45) is -5.11. The Balaban J connectivity index is 2.19. The van der Waals surface area contributed by atoms with Crippen molar-refractivity contribution in [2.45, 2.75) is 18.7 Å². The van der Waals surface area contributed by atoms with E-state index in [1.165, 1.54) is 31.2 Å². The highest BCUT2D eigenvalue weighted by Gasteiger charge is 2.67. The number of hydrogen-bond acceptors (Lipinski definition) is 5. The maximum Gasteiger partial charge on any atom is 0.441 e. The normalized spacial score (nSPS) is 20.5. The zero-order chi connectivity index (χ0) is 21.6. The molecule has 1 aliphatic heterocycles. The van der Waals surface area contributed by atoms with Crippen LogP contribution in [0.5, 0.6) is 0 Å². The fourth-order valence-electron chi connectivity index (χ4n) is 3.02. The van der Waals surface area contributed by atoms with Crippen molar-refractivity contribution < 1.29 is 33.1 Å². The van der Waals surface area contributed by atoms with Crippen molar-refractivity contribution in [3.05, 3.63) is 68.7 Å². The Kier molecular flexibility index (Phi) is 5.22. The summed E-state index contributed by atoms with van der Waals surface area (Å²) < 4.78 is 42.6. The summed E-state index contributed by atoms with van der Waals surface area (Å²) in [4.78, 5) is 16.0. The van der Waals surface area contributed by atoms with Crippen molar-refractivity contribution >= 4 is 40.6 Å². The van der Waals surface area contributed by atoms with Gasteiger partial charge in [-0.05, 0) is 42.8 Å². The molecule has 0 fully saturated rings. The molecule has 0 aromatic heterocycles. The van der Waals surface area contributed by atoms with E-state index in [1.807, 2.05) is 0 Å². The Morgan fingerprint density at radius 2 is 1.79 bits per heavy atom. The minimum atomic E-state index is -5.11. The van der Waals surface area contributed by atoms with E-state index in [1.54, 1.807) is 0 Å². The van der Waals surface area contributed by atoms with Crippen LogP contribution in [0, 0.1) is 6.92 Å². The summed E-state index contributed by atoms with van der Waals surface area (Å²) in [5, 5.41) is 24.7. The summed E-state index contributed by atoms with van der Waals surface area (Å²) in [6, 6.07) is 6.92. The predicted molar refractivity (Wildman–Crippen MR) is 99.2 cm³/mol. The van der Waals surface area contributed by atoms with Gasteiger partial charge in [0.1, 0.15) is 5.71 Å². The first-order valence-electron chi connectivity index (χ1n) is 7.88. The number of aromatic carboxylic acids is 1. The average Bonchev–Trinajstić information content (AvgIpc) is 3.00. The molecule has 0 aliphatic carbocycles. The van der Waals surface area contributed by atoms with Gasteiger partial charge in [0.25, 0.3) is 0 Å². The van der Waals surface area contributed by atoms with Crippen LogP contribution in [0.4, 0.5) is 13.2 Å². The number of rotatable bonds is 3. The quantitative estimate of drug-likeness (QED) is 0.511. The van der Waals surface area contributed by atoms with E-state index in [-0.39, 0.29) is 26.7 Å². The highest BCUT2D eigenvalue weighted by molar-refractivity contribution is 6.51. The molecule has 152 valence electrons. The molecule has 2 aromatic rings. The summed E-state index contributed by atoms with van der Waals surface area (Å²) in [5.74, 6) is -1.20. The molecule has 0 saturated carbocycles. The number of carboxylic acid groups (broad SMARTS) is 1. The van der Waals surface area contributed by atoms with Gasteiger partial charge >= 0.3 is 17.7 Å². The highest BCUT2D eigenvalue weighted by atomic mass is 35.5. The summed E-state index contributed by atoms with van der Waals surface area (Å²) >= 11 is 11.7. The number of benzene rings is 2. The first-order chi connectivity index (χ1) is 13.5. The second-order valence-corrected chi connectivity index (χ2v) is 7.02. The van der Waals surface area contributed by atoms with Gasteiger partial charge < -0.3 is 15.2 Å². The fourth-order valence-corrected chi connectivity index (χ4v) is 3.55. The molecule has 0 bridgehead atoms. The van der Waals surface area contributed by atoms with Gasteiger partial charge in [-0.3, -0.25) is 0 Å². The second kappa shape index (κ2) is 7.23. The van der Waals surface area contributed by atoms with Gasteiger partial charge in [0.15, 0.2) is 5.71 Å². The van der Waals surface area contributed by atoms with E-state index in [4.69, 9.17) is 33.1 Å². The lowest BCUT2D eigenvalue weighted by atomic mass is 9.84. The zero-order valence-electron chi connectivity index (χ0n) is 14.5. The van der Waals surface area contributed by atoms with Crippen LogP contribution in [0.1, 0.15) is 27.0 Å². The van der Waals surface area contributed by atoms with Crippen molar-refractivity contribution in [3.63, 3.8) is 0 Å². The molecule has 11 heteroatoms. The van der Waals surface area contributed by atoms with Crippen molar-refractivity contribution in [1.82, 2.24) is 0 Å². The minimum Gasteiger partial charge on any atom is -0.478 e. The molecule has 29 heavy (non-hydrogen) atoms. The molecule has 3 rings (SSSR count). The maximum absolute atomic E-state index is 14.2. The Bertz CT molecular complexity index is 1050. The lowest BCUT2D eigenvalue weighted by molar-refractivity contribution is -0.250. The number of oxime groups is 2. The van der Waals surface area contributed by atoms with Gasteiger partial charge in [-0.15, -0.1) is 0 Å². The molecular weight excluding hydrogens is 436 g/mol. The van der Waals surface area contributed by atoms with Gasteiger partial charge in [0, 0.05) is 21.2 Å². The molecular formula is C18H11Cl2F3N2O4. The summed E-state index contributed by atoms with van der Waals surface area (Å²) in [7, 11) is 0. The van der Waals surface area contributed by atoms with Gasteiger partial charge in [-0.1, -0.05) is 39.6 Å². The Labute approximate surface area is 171 Å². The number of carboxylic acids is 1. The molecule has 0 amide bonds. The Morgan fingerprint density at radius 1 is 1.17 bits per heavy atom.